The molecule has 0 aromatic carbocycles. The van der Waals surface area contributed by atoms with Crippen LogP contribution in [-0.4, -0.2) is 28.4 Å². The fourth-order valence-electron chi connectivity index (χ4n) is 1.58. The first kappa shape index (κ1) is 13.1. The van der Waals surface area contributed by atoms with E-state index in [1.54, 1.807) is 16.9 Å². The number of alkyl halides is 1. The Morgan fingerprint density at radius 1 is 1.44 bits per heavy atom. The highest BCUT2D eigenvalue weighted by Crippen LogP contribution is 2.19. The fourth-order valence-corrected chi connectivity index (χ4v) is 2.27. The summed E-state index contributed by atoms with van der Waals surface area (Å²) < 4.78 is 26.8. The van der Waals surface area contributed by atoms with Gasteiger partial charge in [-0.15, -0.1) is 11.6 Å². The maximum Gasteiger partial charge on any atom is 0.246 e. The van der Waals surface area contributed by atoms with Gasteiger partial charge in [0, 0.05) is 11.4 Å². The van der Waals surface area contributed by atoms with Crippen molar-refractivity contribution in [1.82, 2.24) is 14.8 Å². The largest absolute Gasteiger partial charge is 0.281 e. The molecule has 2 heterocycles. The summed E-state index contributed by atoms with van der Waals surface area (Å²) in [5, 5.41) is 4.49. The minimum Gasteiger partial charge on any atom is -0.281 e. The van der Waals surface area contributed by atoms with Crippen molar-refractivity contribution in [3.05, 3.63) is 18.5 Å². The van der Waals surface area contributed by atoms with Gasteiger partial charge >= 0.3 is 0 Å². The number of halogens is 1. The van der Waals surface area contributed by atoms with Gasteiger partial charge in [-0.3, -0.25) is 4.72 Å². The second-order valence-corrected chi connectivity index (χ2v) is 6.45. The first-order valence-corrected chi connectivity index (χ1v) is 7.51. The highest BCUT2D eigenvalue weighted by atomic mass is 35.5. The molecule has 2 rings (SSSR count). The Balaban J connectivity index is 2.41. The molecule has 0 unspecified atom stereocenters. The number of hydrogen-bond acceptors (Lipinski definition) is 4. The molecule has 0 saturated heterocycles. The van der Waals surface area contributed by atoms with Crippen molar-refractivity contribution in [3.63, 3.8) is 0 Å². The first-order chi connectivity index (χ1) is 8.43. The quantitative estimate of drug-likeness (QED) is 0.872. The first-order valence-electron chi connectivity index (χ1n) is 5.32. The van der Waals surface area contributed by atoms with Gasteiger partial charge in [-0.1, -0.05) is 0 Å². The van der Waals surface area contributed by atoms with Gasteiger partial charge in [-0.05, 0) is 19.9 Å². The van der Waals surface area contributed by atoms with E-state index in [4.69, 9.17) is 11.6 Å². The van der Waals surface area contributed by atoms with E-state index in [1.807, 2.05) is 13.8 Å². The average Bonchev–Trinajstić information content (AvgIpc) is 2.71. The van der Waals surface area contributed by atoms with Crippen molar-refractivity contribution in [2.45, 2.75) is 19.9 Å². The van der Waals surface area contributed by atoms with Gasteiger partial charge in [0.25, 0.3) is 0 Å². The van der Waals surface area contributed by atoms with Gasteiger partial charge in [0.05, 0.1) is 18.1 Å². The lowest BCUT2D eigenvalue weighted by Crippen LogP contribution is -2.13. The fraction of sp³-hybridized carbons (Fsp3) is 0.400. The van der Waals surface area contributed by atoms with Crippen LogP contribution in [0, 0.1) is 0 Å². The van der Waals surface area contributed by atoms with E-state index in [2.05, 4.69) is 14.8 Å². The maximum absolute atomic E-state index is 11.3. The lowest BCUT2D eigenvalue weighted by Gasteiger charge is -2.07. The van der Waals surface area contributed by atoms with Crippen LogP contribution in [0.1, 0.15) is 19.9 Å². The van der Waals surface area contributed by atoms with E-state index < -0.39 is 15.2 Å². The summed E-state index contributed by atoms with van der Waals surface area (Å²) in [6.45, 7) is 4.00. The Morgan fingerprint density at radius 2 is 2.17 bits per heavy atom. The second-order valence-electron chi connectivity index (χ2n) is 4.15. The van der Waals surface area contributed by atoms with E-state index in [9.17, 15) is 8.42 Å². The molecule has 0 spiro atoms. The Bertz CT molecular complexity index is 666. The van der Waals surface area contributed by atoms with Crippen molar-refractivity contribution in [3.8, 4) is 0 Å². The molecule has 0 aliphatic carbocycles. The second kappa shape index (κ2) is 4.74. The van der Waals surface area contributed by atoms with Gasteiger partial charge < -0.3 is 0 Å². The number of rotatable bonds is 4. The molecular weight excluding hydrogens is 276 g/mol. The molecule has 0 saturated carbocycles. The zero-order valence-corrected chi connectivity index (χ0v) is 11.5. The summed E-state index contributed by atoms with van der Waals surface area (Å²) in [6.07, 6.45) is 3.10. The van der Waals surface area contributed by atoms with E-state index in [0.29, 0.717) is 5.69 Å². The summed E-state index contributed by atoms with van der Waals surface area (Å²) in [5.74, 6) is 0. The highest BCUT2D eigenvalue weighted by molar-refractivity contribution is 7.93. The third-order valence-corrected chi connectivity index (χ3v) is 4.04. The van der Waals surface area contributed by atoms with E-state index in [-0.39, 0.29) is 6.04 Å². The summed E-state index contributed by atoms with van der Waals surface area (Å²) in [7, 11) is -3.50. The van der Waals surface area contributed by atoms with Crippen LogP contribution >= 0.6 is 11.6 Å². The van der Waals surface area contributed by atoms with Crippen molar-refractivity contribution < 1.29 is 8.42 Å². The summed E-state index contributed by atoms with van der Waals surface area (Å²) in [5.41, 5.74) is 1.10. The van der Waals surface area contributed by atoms with E-state index >= 15 is 0 Å². The Labute approximate surface area is 110 Å². The molecule has 18 heavy (non-hydrogen) atoms. The number of pyridine rings is 1. The van der Waals surface area contributed by atoms with Gasteiger partial charge in [-0.2, -0.15) is 5.10 Å². The molecule has 2 aromatic rings. The minimum atomic E-state index is -3.50. The SMILES string of the molecule is CC(C)n1ncc2cc(NS(=O)(=O)CCl)cnc21. The van der Waals surface area contributed by atoms with Crippen LogP contribution in [0.4, 0.5) is 5.69 Å². The number of hydrogen-bond donors (Lipinski definition) is 1. The number of fused-ring (bicyclic) bond motifs is 1. The number of aromatic nitrogens is 3. The monoisotopic (exact) mass is 288 g/mol. The highest BCUT2D eigenvalue weighted by Gasteiger charge is 2.11. The summed E-state index contributed by atoms with van der Waals surface area (Å²) in [4.78, 5) is 4.21. The van der Waals surface area contributed by atoms with Crippen molar-refractivity contribution in [2.24, 2.45) is 0 Å². The molecule has 0 radical (unpaired) electrons. The smallest absolute Gasteiger partial charge is 0.246 e. The van der Waals surface area contributed by atoms with Crippen LogP contribution in [0.2, 0.25) is 0 Å². The molecule has 1 N–H and O–H groups in total. The summed E-state index contributed by atoms with van der Waals surface area (Å²) in [6, 6.07) is 1.87. The molecule has 2 aromatic heterocycles. The Kier molecular flexibility index (Phi) is 3.45. The molecule has 98 valence electrons. The van der Waals surface area contributed by atoms with Crippen LogP contribution in [0.15, 0.2) is 18.5 Å². The van der Waals surface area contributed by atoms with Crippen molar-refractivity contribution in [2.75, 3.05) is 9.93 Å². The lowest BCUT2D eigenvalue weighted by atomic mass is 10.3. The van der Waals surface area contributed by atoms with E-state index in [1.165, 1.54) is 6.20 Å². The van der Waals surface area contributed by atoms with Gasteiger partial charge in [-0.25, -0.2) is 18.1 Å². The standard InChI is InChI=1S/C10H13ClN4O2S/c1-7(2)15-10-8(4-13-15)3-9(5-12-10)14-18(16,17)6-11/h3-5,7,14H,6H2,1-2H3. The van der Waals surface area contributed by atoms with Crippen molar-refractivity contribution >= 4 is 38.3 Å². The molecular formula is C10H13ClN4O2S. The topological polar surface area (TPSA) is 76.9 Å². The molecule has 0 aliphatic heterocycles. The number of anilines is 1. The van der Waals surface area contributed by atoms with Crippen LogP contribution < -0.4 is 4.72 Å². The lowest BCUT2D eigenvalue weighted by molar-refractivity contribution is 0.546. The third-order valence-electron chi connectivity index (χ3n) is 2.34. The van der Waals surface area contributed by atoms with Crippen LogP contribution in [-0.2, 0) is 10.0 Å². The zero-order valence-electron chi connectivity index (χ0n) is 9.96. The predicted octanol–water partition coefficient (Wildman–Crippen LogP) is 1.95. The molecule has 0 amide bonds. The van der Waals surface area contributed by atoms with Crippen LogP contribution in [0.3, 0.4) is 0 Å². The summed E-state index contributed by atoms with van der Waals surface area (Å²) >= 11 is 5.32. The van der Waals surface area contributed by atoms with Gasteiger partial charge in [0.1, 0.15) is 5.21 Å². The predicted molar refractivity (Wildman–Crippen MR) is 71.2 cm³/mol. The van der Waals surface area contributed by atoms with Crippen molar-refractivity contribution in [1.29, 1.82) is 0 Å². The third kappa shape index (κ3) is 2.56. The number of nitrogens with one attached hydrogen (secondary N) is 1. The van der Waals surface area contributed by atoms with Crippen LogP contribution in [0.25, 0.3) is 11.0 Å². The van der Waals surface area contributed by atoms with Gasteiger partial charge in [0.2, 0.25) is 10.0 Å². The molecule has 6 nitrogen and oxygen atoms in total. The number of sulfonamides is 1. The normalized spacial score (nSPS) is 12.2. The zero-order chi connectivity index (χ0) is 13.3. The Morgan fingerprint density at radius 3 is 2.78 bits per heavy atom. The molecule has 0 atom stereocenters. The Hall–Kier alpha value is -1.34. The minimum absolute atomic E-state index is 0.195. The van der Waals surface area contributed by atoms with Crippen LogP contribution in [0.5, 0.6) is 0 Å². The molecule has 8 heteroatoms. The molecule has 0 fully saturated rings. The van der Waals surface area contributed by atoms with E-state index in [0.717, 1.165) is 11.0 Å². The average molecular weight is 289 g/mol. The number of nitrogens with zero attached hydrogens (tertiary/aromatic N) is 3. The van der Waals surface area contributed by atoms with Gasteiger partial charge in [0.15, 0.2) is 5.65 Å². The maximum atomic E-state index is 11.3. The molecule has 0 bridgehead atoms. The molecule has 0 aliphatic rings.